The van der Waals surface area contributed by atoms with E-state index in [9.17, 15) is 0 Å². The molecule has 0 saturated heterocycles. The van der Waals surface area contributed by atoms with Crippen LogP contribution in [-0.2, 0) is 0 Å². The van der Waals surface area contributed by atoms with Crippen molar-refractivity contribution in [3.63, 3.8) is 0 Å². The van der Waals surface area contributed by atoms with Crippen LogP contribution in [0, 0.1) is 11.3 Å². The molecule has 16 heavy (non-hydrogen) atoms. The van der Waals surface area contributed by atoms with E-state index in [-0.39, 0.29) is 5.82 Å². The van der Waals surface area contributed by atoms with Crippen LogP contribution in [0.4, 0.5) is 0 Å². The number of nitrogens with zero attached hydrogens (tertiary/aromatic N) is 4. The van der Waals surface area contributed by atoms with Crippen LogP contribution in [0.5, 0.6) is 0 Å². The second kappa shape index (κ2) is 3.21. The molecule has 5 heteroatoms. The fourth-order valence-electron chi connectivity index (χ4n) is 1.50. The summed E-state index contributed by atoms with van der Waals surface area (Å²) in [5.41, 5.74) is 1.45. The molecule has 0 fully saturated rings. The average molecular weight is 210 g/mol. The van der Waals surface area contributed by atoms with Gasteiger partial charge in [0, 0.05) is 12.4 Å². The molecule has 3 aromatic rings. The molecule has 5 nitrogen and oxygen atoms in total. The lowest BCUT2D eigenvalue weighted by Crippen LogP contribution is -1.95. The van der Waals surface area contributed by atoms with Gasteiger partial charge in [-0.1, -0.05) is 12.1 Å². The lowest BCUT2D eigenvalue weighted by atomic mass is 10.3. The van der Waals surface area contributed by atoms with E-state index in [1.54, 1.807) is 6.20 Å². The van der Waals surface area contributed by atoms with E-state index in [0.717, 1.165) is 5.52 Å². The first-order chi connectivity index (χ1) is 7.88. The summed E-state index contributed by atoms with van der Waals surface area (Å²) in [4.78, 5) is 8.15. The van der Waals surface area contributed by atoms with Crippen molar-refractivity contribution in [2.75, 3.05) is 0 Å². The number of nitriles is 1. The highest BCUT2D eigenvalue weighted by Gasteiger charge is 2.10. The number of benzene rings is 1. The normalized spacial score (nSPS) is 10.4. The molecule has 76 valence electrons. The molecule has 0 unspecified atom stereocenters. The van der Waals surface area contributed by atoms with E-state index in [4.69, 9.17) is 9.68 Å². The minimum absolute atomic E-state index is 0.256. The predicted molar refractivity (Wildman–Crippen MR) is 55.8 cm³/mol. The number of hydrogen-bond donors (Lipinski definition) is 0. The van der Waals surface area contributed by atoms with Crippen LogP contribution in [-0.4, -0.2) is 14.5 Å². The summed E-state index contributed by atoms with van der Waals surface area (Å²) in [7, 11) is 0. The van der Waals surface area contributed by atoms with E-state index < -0.39 is 0 Å². The van der Waals surface area contributed by atoms with Gasteiger partial charge in [0.05, 0.1) is 0 Å². The first-order valence-corrected chi connectivity index (χ1v) is 4.68. The van der Waals surface area contributed by atoms with Crippen LogP contribution in [0.25, 0.3) is 17.1 Å². The first kappa shape index (κ1) is 8.68. The van der Waals surface area contributed by atoms with Crippen LogP contribution < -0.4 is 0 Å². The summed E-state index contributed by atoms with van der Waals surface area (Å²) in [6.07, 6.45) is 3.18. The van der Waals surface area contributed by atoms with Gasteiger partial charge >= 0.3 is 6.01 Å². The van der Waals surface area contributed by atoms with Crippen LogP contribution in [0.1, 0.15) is 5.82 Å². The van der Waals surface area contributed by atoms with Crippen LogP contribution in [0.3, 0.4) is 0 Å². The highest BCUT2D eigenvalue weighted by molar-refractivity contribution is 5.73. The van der Waals surface area contributed by atoms with Crippen molar-refractivity contribution in [3.8, 4) is 12.1 Å². The monoisotopic (exact) mass is 210 g/mol. The minimum atomic E-state index is 0.256. The summed E-state index contributed by atoms with van der Waals surface area (Å²) in [5, 5.41) is 8.84. The third-order valence-electron chi connectivity index (χ3n) is 2.23. The quantitative estimate of drug-likeness (QED) is 0.615. The van der Waals surface area contributed by atoms with Crippen molar-refractivity contribution < 1.29 is 4.42 Å². The van der Waals surface area contributed by atoms with E-state index in [2.05, 4.69) is 9.97 Å². The zero-order valence-electron chi connectivity index (χ0n) is 8.16. The van der Waals surface area contributed by atoms with Gasteiger partial charge < -0.3 is 4.42 Å². The molecular weight excluding hydrogens is 204 g/mol. The Morgan fingerprint density at radius 3 is 3.00 bits per heavy atom. The Kier molecular flexibility index (Phi) is 1.74. The molecule has 2 heterocycles. The molecule has 0 aliphatic heterocycles. The first-order valence-electron chi connectivity index (χ1n) is 4.68. The van der Waals surface area contributed by atoms with Gasteiger partial charge in [0.15, 0.2) is 5.58 Å². The summed E-state index contributed by atoms with van der Waals surface area (Å²) in [6, 6.07) is 9.76. The molecule has 0 bridgehead atoms. The number of hydrogen-bond acceptors (Lipinski definition) is 4. The fraction of sp³-hybridized carbons (Fsp3) is 0. The summed E-state index contributed by atoms with van der Waals surface area (Å²) < 4.78 is 7.03. The van der Waals surface area contributed by atoms with E-state index >= 15 is 0 Å². The van der Waals surface area contributed by atoms with E-state index in [0.29, 0.717) is 11.6 Å². The van der Waals surface area contributed by atoms with Crippen molar-refractivity contribution in [3.05, 3.63) is 42.5 Å². The summed E-state index contributed by atoms with van der Waals surface area (Å²) >= 11 is 0. The van der Waals surface area contributed by atoms with Crippen molar-refractivity contribution in [2.45, 2.75) is 0 Å². The number of fused-ring (bicyclic) bond motifs is 1. The van der Waals surface area contributed by atoms with Gasteiger partial charge in [0.2, 0.25) is 5.82 Å². The second-order valence-corrected chi connectivity index (χ2v) is 3.20. The predicted octanol–water partition coefficient (Wildman–Crippen LogP) is 1.89. The maximum absolute atomic E-state index is 8.84. The maximum Gasteiger partial charge on any atom is 0.309 e. The molecule has 0 N–H and O–H groups in total. The van der Waals surface area contributed by atoms with Gasteiger partial charge in [-0.05, 0) is 12.1 Å². The zero-order valence-corrected chi connectivity index (χ0v) is 8.16. The minimum Gasteiger partial charge on any atom is -0.423 e. The molecule has 0 aliphatic carbocycles. The van der Waals surface area contributed by atoms with Gasteiger partial charge in [-0.15, -0.1) is 0 Å². The fourth-order valence-corrected chi connectivity index (χ4v) is 1.50. The molecule has 0 saturated carbocycles. The highest BCUT2D eigenvalue weighted by atomic mass is 16.4. The Hall–Kier alpha value is -2.61. The Bertz CT molecular complexity index is 656. The van der Waals surface area contributed by atoms with Gasteiger partial charge in [-0.2, -0.15) is 10.2 Å². The number of rotatable bonds is 1. The Balaban J connectivity index is 2.24. The molecule has 0 spiro atoms. The SMILES string of the molecule is N#Cc1nccn1-c1nc2ccccc2o1. The summed E-state index contributed by atoms with van der Waals surface area (Å²) in [5.74, 6) is 0.256. The van der Waals surface area contributed by atoms with Gasteiger partial charge in [0.25, 0.3) is 0 Å². The average Bonchev–Trinajstić information content (AvgIpc) is 2.94. The largest absolute Gasteiger partial charge is 0.423 e. The zero-order chi connectivity index (χ0) is 11.0. The van der Waals surface area contributed by atoms with Crippen molar-refractivity contribution in [1.82, 2.24) is 14.5 Å². The topological polar surface area (TPSA) is 67.6 Å². The highest BCUT2D eigenvalue weighted by Crippen LogP contribution is 2.18. The van der Waals surface area contributed by atoms with Crippen molar-refractivity contribution >= 4 is 11.1 Å². The van der Waals surface area contributed by atoms with Gasteiger partial charge in [-0.25, -0.2) is 9.55 Å². The van der Waals surface area contributed by atoms with Crippen LogP contribution >= 0.6 is 0 Å². The number of oxazole rings is 1. The smallest absolute Gasteiger partial charge is 0.309 e. The molecule has 3 rings (SSSR count). The Morgan fingerprint density at radius 2 is 2.19 bits per heavy atom. The Labute approximate surface area is 90.6 Å². The van der Waals surface area contributed by atoms with Gasteiger partial charge in [0.1, 0.15) is 11.6 Å². The van der Waals surface area contributed by atoms with Crippen LogP contribution in [0.15, 0.2) is 41.1 Å². The standard InChI is InChI=1S/C11H6N4O/c12-7-10-13-5-6-15(10)11-14-8-3-1-2-4-9(8)16-11/h1-6H. The molecule has 1 aromatic carbocycles. The lowest BCUT2D eigenvalue weighted by molar-refractivity contribution is 0.562. The Morgan fingerprint density at radius 1 is 1.31 bits per heavy atom. The molecule has 0 atom stereocenters. The number of imidazole rings is 1. The molecule has 0 amide bonds. The summed E-state index contributed by atoms with van der Waals surface area (Å²) in [6.45, 7) is 0. The third-order valence-corrected chi connectivity index (χ3v) is 2.23. The van der Waals surface area contributed by atoms with Crippen LogP contribution in [0.2, 0.25) is 0 Å². The van der Waals surface area contributed by atoms with E-state index in [1.807, 2.05) is 30.3 Å². The number of aromatic nitrogens is 3. The van der Waals surface area contributed by atoms with Crippen molar-refractivity contribution in [2.24, 2.45) is 0 Å². The lowest BCUT2D eigenvalue weighted by Gasteiger charge is -1.93. The molecule has 0 radical (unpaired) electrons. The maximum atomic E-state index is 8.84. The third kappa shape index (κ3) is 1.17. The second-order valence-electron chi connectivity index (χ2n) is 3.20. The molecular formula is C11H6N4O. The number of para-hydroxylation sites is 2. The van der Waals surface area contributed by atoms with E-state index in [1.165, 1.54) is 10.8 Å². The van der Waals surface area contributed by atoms with Crippen molar-refractivity contribution in [1.29, 1.82) is 5.26 Å². The van der Waals surface area contributed by atoms with Gasteiger partial charge in [-0.3, -0.25) is 0 Å². The molecule has 2 aromatic heterocycles. The molecule has 0 aliphatic rings.